The first-order valence-electron chi connectivity index (χ1n) is 10.5. The molecule has 1 aliphatic heterocycles. The van der Waals surface area contributed by atoms with Crippen LogP contribution in [-0.2, 0) is 4.74 Å². The molecule has 27 heavy (non-hydrogen) atoms. The third kappa shape index (κ3) is 5.93. The lowest BCUT2D eigenvalue weighted by atomic mass is 10.1. The number of hydrogen-bond donors (Lipinski definition) is 0. The van der Waals surface area contributed by atoms with Crippen LogP contribution in [0.5, 0.6) is 0 Å². The molecule has 0 spiro atoms. The molecule has 2 atom stereocenters. The van der Waals surface area contributed by atoms with Crippen molar-refractivity contribution in [1.29, 1.82) is 0 Å². The summed E-state index contributed by atoms with van der Waals surface area (Å²) in [4.78, 5) is 21.6. The van der Waals surface area contributed by atoms with Gasteiger partial charge in [0.1, 0.15) is 11.4 Å². The number of likely N-dealkylation sites (tertiary alicyclic amines) is 1. The molecule has 1 aliphatic rings. The highest BCUT2D eigenvalue weighted by atomic mass is 16.6. The fourth-order valence-corrected chi connectivity index (χ4v) is 3.56. The van der Waals surface area contributed by atoms with Gasteiger partial charge in [-0.3, -0.25) is 9.80 Å². The third-order valence-corrected chi connectivity index (χ3v) is 5.19. The fourth-order valence-electron chi connectivity index (χ4n) is 3.56. The Hall–Kier alpha value is -1.62. The van der Waals surface area contributed by atoms with Gasteiger partial charge in [0.2, 0.25) is 0 Å². The summed E-state index contributed by atoms with van der Waals surface area (Å²) in [5.74, 6) is 0.667. The largest absolute Gasteiger partial charge is 0.443 e. The van der Waals surface area contributed by atoms with Crippen LogP contribution in [0.3, 0.4) is 0 Å². The number of hydrogen-bond acceptors (Lipinski definition) is 4. The van der Waals surface area contributed by atoms with E-state index in [0.717, 1.165) is 13.0 Å². The van der Waals surface area contributed by atoms with Gasteiger partial charge in [-0.05, 0) is 78.1 Å². The Bertz CT molecular complexity index is 595. The summed E-state index contributed by atoms with van der Waals surface area (Å²) in [7, 11) is 0. The minimum atomic E-state index is -0.521. The van der Waals surface area contributed by atoms with Gasteiger partial charge in [-0.25, -0.2) is 9.78 Å². The van der Waals surface area contributed by atoms with Crippen molar-refractivity contribution in [2.45, 2.75) is 91.3 Å². The molecule has 1 saturated heterocycles. The molecular formula is C22H37N3O2. The minimum absolute atomic E-state index is 0.0331. The Labute approximate surface area is 165 Å². The van der Waals surface area contributed by atoms with E-state index < -0.39 is 5.60 Å². The van der Waals surface area contributed by atoms with Gasteiger partial charge in [-0.1, -0.05) is 26.3 Å². The number of rotatable bonds is 7. The van der Waals surface area contributed by atoms with Crippen molar-refractivity contribution in [2.75, 3.05) is 18.0 Å². The highest BCUT2D eigenvalue weighted by molar-refractivity contribution is 5.87. The molecule has 5 nitrogen and oxygen atoms in total. The molecule has 2 unspecified atom stereocenters. The number of pyridine rings is 1. The summed E-state index contributed by atoms with van der Waals surface area (Å²) in [6, 6.07) is 4.60. The van der Waals surface area contributed by atoms with Crippen LogP contribution in [0.15, 0.2) is 18.3 Å². The van der Waals surface area contributed by atoms with E-state index in [1.165, 1.54) is 37.8 Å². The van der Waals surface area contributed by atoms with Gasteiger partial charge >= 0.3 is 6.09 Å². The number of amides is 1. The average Bonchev–Trinajstić information content (AvgIpc) is 3.07. The topological polar surface area (TPSA) is 45.7 Å². The number of carbonyl (C=O) groups is 1. The molecule has 0 saturated carbocycles. The minimum Gasteiger partial charge on any atom is -0.443 e. The van der Waals surface area contributed by atoms with Gasteiger partial charge in [0, 0.05) is 18.3 Å². The van der Waals surface area contributed by atoms with Crippen LogP contribution in [0.4, 0.5) is 10.6 Å². The summed E-state index contributed by atoms with van der Waals surface area (Å²) in [5, 5.41) is 0. The second-order valence-corrected chi connectivity index (χ2v) is 8.60. The Morgan fingerprint density at radius 2 is 2.11 bits per heavy atom. The average molecular weight is 376 g/mol. The molecule has 0 bridgehead atoms. The van der Waals surface area contributed by atoms with Crippen LogP contribution in [0, 0.1) is 0 Å². The molecule has 5 heteroatoms. The highest BCUT2D eigenvalue weighted by Gasteiger charge is 2.29. The lowest BCUT2D eigenvalue weighted by Crippen LogP contribution is -2.42. The van der Waals surface area contributed by atoms with Gasteiger partial charge in [0.25, 0.3) is 0 Å². The summed E-state index contributed by atoms with van der Waals surface area (Å²) < 4.78 is 5.61. The molecule has 0 aliphatic carbocycles. The fraction of sp³-hybridized carbons (Fsp3) is 0.727. The van der Waals surface area contributed by atoms with Crippen LogP contribution in [-0.4, -0.2) is 40.7 Å². The lowest BCUT2D eigenvalue weighted by Gasteiger charge is -2.31. The van der Waals surface area contributed by atoms with E-state index in [1.54, 1.807) is 4.90 Å². The SMILES string of the molecule is CCCCN1CCCC1c1ccc(N(C(=O)OC(C)(C)C)C(C)CC)nc1. The predicted molar refractivity (Wildman–Crippen MR) is 111 cm³/mol. The first-order valence-corrected chi connectivity index (χ1v) is 10.5. The van der Waals surface area contributed by atoms with E-state index in [1.807, 2.05) is 40.0 Å². The molecule has 1 aromatic rings. The van der Waals surface area contributed by atoms with E-state index in [-0.39, 0.29) is 12.1 Å². The van der Waals surface area contributed by atoms with E-state index in [2.05, 4.69) is 29.8 Å². The van der Waals surface area contributed by atoms with Crippen molar-refractivity contribution in [3.05, 3.63) is 23.9 Å². The Morgan fingerprint density at radius 1 is 1.37 bits per heavy atom. The smallest absolute Gasteiger partial charge is 0.416 e. The number of unbranched alkanes of at least 4 members (excludes halogenated alkanes) is 1. The van der Waals surface area contributed by atoms with Crippen molar-refractivity contribution >= 4 is 11.9 Å². The Morgan fingerprint density at radius 3 is 2.67 bits per heavy atom. The molecule has 0 radical (unpaired) electrons. The monoisotopic (exact) mass is 375 g/mol. The van der Waals surface area contributed by atoms with Crippen molar-refractivity contribution < 1.29 is 9.53 Å². The highest BCUT2D eigenvalue weighted by Crippen LogP contribution is 2.32. The zero-order chi connectivity index (χ0) is 20.0. The quantitative estimate of drug-likeness (QED) is 0.626. The second kappa shape index (κ2) is 9.54. The predicted octanol–water partition coefficient (Wildman–Crippen LogP) is 5.56. The van der Waals surface area contributed by atoms with Crippen LogP contribution in [0.25, 0.3) is 0 Å². The van der Waals surface area contributed by atoms with Crippen molar-refractivity contribution in [3.63, 3.8) is 0 Å². The van der Waals surface area contributed by atoms with Crippen molar-refractivity contribution in [1.82, 2.24) is 9.88 Å². The number of ether oxygens (including phenoxy) is 1. The molecule has 2 rings (SSSR count). The third-order valence-electron chi connectivity index (χ3n) is 5.19. The summed E-state index contributed by atoms with van der Waals surface area (Å²) in [6.45, 7) is 14.3. The maximum atomic E-state index is 12.7. The van der Waals surface area contributed by atoms with E-state index in [4.69, 9.17) is 4.74 Å². The first kappa shape index (κ1) is 21.7. The normalized spacial score (nSPS) is 19.1. The Kier molecular flexibility index (Phi) is 7.66. The van der Waals surface area contributed by atoms with Crippen LogP contribution in [0.2, 0.25) is 0 Å². The maximum absolute atomic E-state index is 12.7. The number of carbonyl (C=O) groups excluding carboxylic acids is 1. The Balaban J connectivity index is 2.18. The molecule has 0 aromatic carbocycles. The molecule has 1 amide bonds. The van der Waals surface area contributed by atoms with E-state index in [9.17, 15) is 4.79 Å². The van der Waals surface area contributed by atoms with E-state index >= 15 is 0 Å². The first-order chi connectivity index (χ1) is 12.8. The van der Waals surface area contributed by atoms with E-state index in [0.29, 0.717) is 11.9 Å². The van der Waals surface area contributed by atoms with Crippen LogP contribution >= 0.6 is 0 Å². The molecule has 152 valence electrons. The van der Waals surface area contributed by atoms with Gasteiger partial charge in [-0.15, -0.1) is 0 Å². The summed E-state index contributed by atoms with van der Waals surface area (Å²) >= 11 is 0. The lowest BCUT2D eigenvalue weighted by molar-refractivity contribution is 0.0566. The molecule has 1 aromatic heterocycles. The maximum Gasteiger partial charge on any atom is 0.416 e. The van der Waals surface area contributed by atoms with Crippen LogP contribution < -0.4 is 4.90 Å². The summed E-state index contributed by atoms with van der Waals surface area (Å²) in [5.41, 5.74) is 0.729. The molecular weight excluding hydrogens is 338 g/mol. The molecule has 0 N–H and O–H groups in total. The van der Waals surface area contributed by atoms with Crippen molar-refractivity contribution in [2.24, 2.45) is 0 Å². The number of nitrogens with zero attached hydrogens (tertiary/aromatic N) is 3. The molecule has 2 heterocycles. The van der Waals surface area contributed by atoms with Gasteiger partial charge in [0.15, 0.2) is 0 Å². The van der Waals surface area contributed by atoms with Gasteiger partial charge in [-0.2, -0.15) is 0 Å². The van der Waals surface area contributed by atoms with Gasteiger partial charge in [0.05, 0.1) is 0 Å². The number of anilines is 1. The molecule has 1 fully saturated rings. The van der Waals surface area contributed by atoms with Crippen LogP contribution in [0.1, 0.15) is 85.3 Å². The second-order valence-electron chi connectivity index (χ2n) is 8.60. The summed E-state index contributed by atoms with van der Waals surface area (Å²) in [6.07, 6.45) is 7.35. The standard InChI is InChI=1S/C22H37N3O2/c1-7-9-14-24-15-10-11-19(24)18-12-13-20(23-16-18)25(17(3)8-2)21(26)27-22(4,5)6/h12-13,16-17,19H,7-11,14-15H2,1-6H3. The van der Waals surface area contributed by atoms with Crippen molar-refractivity contribution in [3.8, 4) is 0 Å². The zero-order valence-electron chi connectivity index (χ0n) is 18.0. The van der Waals surface area contributed by atoms with Gasteiger partial charge < -0.3 is 4.74 Å². The zero-order valence-corrected chi connectivity index (χ0v) is 18.0. The number of aromatic nitrogens is 1.